The molecular formula is C21H23N3O2S2. The Morgan fingerprint density at radius 3 is 2.79 bits per heavy atom. The highest BCUT2D eigenvalue weighted by atomic mass is 32.2. The summed E-state index contributed by atoms with van der Waals surface area (Å²) in [5, 5.41) is 0.798. The summed E-state index contributed by atoms with van der Waals surface area (Å²) in [6.07, 6.45) is 13.1. The Morgan fingerprint density at radius 2 is 2.07 bits per heavy atom. The Bertz CT molecular complexity index is 914. The third-order valence-electron chi connectivity index (χ3n) is 4.24. The molecule has 0 fully saturated rings. The number of amides is 1. The van der Waals surface area contributed by atoms with Gasteiger partial charge >= 0.3 is 0 Å². The number of hydrogen-bond acceptors (Lipinski definition) is 6. The zero-order chi connectivity index (χ0) is 19.9. The zero-order valence-electron chi connectivity index (χ0n) is 16.1. The number of nitrogens with one attached hydrogen (secondary N) is 1. The molecule has 0 saturated carbocycles. The van der Waals surface area contributed by atoms with Crippen LogP contribution in [0.2, 0.25) is 0 Å². The van der Waals surface area contributed by atoms with E-state index in [9.17, 15) is 4.79 Å². The number of aryl methyl sites for hydroxylation is 1. The standard InChI is InChI=1S/C21H23N3O2S2/c1-15-19(20(25)23-27-3)22-21(28-15)24(14-16-8-6-4-5-7-9-16)17-10-12-18(26-2)13-11-17/h4-8,10-13H,9,14H2,1-3H3,(H,23,25). The third-order valence-corrected chi connectivity index (χ3v) is 5.62. The highest BCUT2D eigenvalue weighted by molar-refractivity contribution is 7.97. The van der Waals surface area contributed by atoms with Crippen molar-refractivity contribution in [2.45, 2.75) is 13.3 Å². The minimum absolute atomic E-state index is 0.165. The SMILES string of the molecule is COc1ccc(N(CC2=CC=CC=CC2)c2nc(C(=O)NSC)c(C)s2)cc1. The fourth-order valence-corrected chi connectivity index (χ4v) is 4.03. The van der Waals surface area contributed by atoms with Crippen LogP contribution in [0.4, 0.5) is 10.8 Å². The summed E-state index contributed by atoms with van der Waals surface area (Å²) >= 11 is 2.80. The fourth-order valence-electron chi connectivity index (χ4n) is 2.82. The second kappa shape index (κ2) is 9.61. The van der Waals surface area contributed by atoms with Crippen molar-refractivity contribution in [2.75, 3.05) is 24.8 Å². The first-order chi connectivity index (χ1) is 13.6. The van der Waals surface area contributed by atoms with Gasteiger partial charge in [-0.2, -0.15) is 0 Å². The Hall–Kier alpha value is -2.51. The summed E-state index contributed by atoms with van der Waals surface area (Å²) in [7, 11) is 1.66. The maximum Gasteiger partial charge on any atom is 0.280 e. The number of benzene rings is 1. The van der Waals surface area contributed by atoms with Crippen LogP contribution in [-0.2, 0) is 0 Å². The Kier molecular flexibility index (Phi) is 6.95. The van der Waals surface area contributed by atoms with Crippen LogP contribution in [0.1, 0.15) is 21.8 Å². The Morgan fingerprint density at radius 1 is 1.29 bits per heavy atom. The number of aromatic nitrogens is 1. The van der Waals surface area contributed by atoms with Crippen LogP contribution in [0.25, 0.3) is 0 Å². The number of allylic oxidation sites excluding steroid dienone is 5. The lowest BCUT2D eigenvalue weighted by molar-refractivity contribution is 0.0980. The van der Waals surface area contributed by atoms with Gasteiger partial charge in [0, 0.05) is 23.4 Å². The van der Waals surface area contributed by atoms with Gasteiger partial charge in [-0.05, 0) is 43.2 Å². The lowest BCUT2D eigenvalue weighted by Crippen LogP contribution is -2.21. The molecule has 1 heterocycles. The predicted molar refractivity (Wildman–Crippen MR) is 119 cm³/mol. The number of thiazole rings is 1. The van der Waals surface area contributed by atoms with E-state index >= 15 is 0 Å². The van der Waals surface area contributed by atoms with Gasteiger partial charge in [0.15, 0.2) is 5.13 Å². The van der Waals surface area contributed by atoms with Gasteiger partial charge in [0.25, 0.3) is 5.91 Å². The molecule has 0 saturated heterocycles. The minimum Gasteiger partial charge on any atom is -0.497 e. The second-order valence-electron chi connectivity index (χ2n) is 6.16. The van der Waals surface area contributed by atoms with Crippen LogP contribution in [0.5, 0.6) is 5.75 Å². The van der Waals surface area contributed by atoms with E-state index in [1.54, 1.807) is 7.11 Å². The minimum atomic E-state index is -0.165. The number of nitrogens with zero attached hydrogens (tertiary/aromatic N) is 2. The molecule has 2 aromatic rings. The van der Waals surface area contributed by atoms with Crippen molar-refractivity contribution in [1.29, 1.82) is 0 Å². The molecular weight excluding hydrogens is 390 g/mol. The van der Waals surface area contributed by atoms with Crippen molar-refractivity contribution in [1.82, 2.24) is 9.71 Å². The average molecular weight is 414 g/mol. The molecule has 1 N–H and O–H groups in total. The molecule has 0 radical (unpaired) electrons. The summed E-state index contributed by atoms with van der Waals surface area (Å²) in [6.45, 7) is 2.62. The van der Waals surface area contributed by atoms with Gasteiger partial charge in [-0.1, -0.05) is 42.3 Å². The first kappa shape index (κ1) is 20.2. The zero-order valence-corrected chi connectivity index (χ0v) is 17.8. The van der Waals surface area contributed by atoms with Crippen LogP contribution in [-0.4, -0.2) is 30.8 Å². The number of anilines is 2. The molecule has 3 rings (SSSR count). The molecule has 0 atom stereocenters. The number of ether oxygens (including phenoxy) is 1. The molecule has 5 nitrogen and oxygen atoms in total. The molecule has 1 aliphatic rings. The van der Waals surface area contributed by atoms with E-state index in [0.717, 1.165) is 27.9 Å². The summed E-state index contributed by atoms with van der Waals surface area (Å²) in [6, 6.07) is 7.90. The van der Waals surface area contributed by atoms with Crippen LogP contribution >= 0.6 is 23.3 Å². The van der Waals surface area contributed by atoms with Crippen LogP contribution < -0.4 is 14.4 Å². The smallest absolute Gasteiger partial charge is 0.280 e. The van der Waals surface area contributed by atoms with E-state index in [4.69, 9.17) is 4.74 Å². The van der Waals surface area contributed by atoms with Crippen molar-refractivity contribution in [3.05, 3.63) is 70.8 Å². The number of carbonyl (C=O) groups is 1. The lowest BCUT2D eigenvalue weighted by Gasteiger charge is -2.23. The van der Waals surface area contributed by atoms with Gasteiger partial charge in [0.05, 0.1) is 7.11 Å². The summed E-state index contributed by atoms with van der Waals surface area (Å²) in [5.74, 6) is 0.639. The third kappa shape index (κ3) is 4.85. The number of methoxy groups -OCH3 is 1. The van der Waals surface area contributed by atoms with Crippen LogP contribution in [0.3, 0.4) is 0 Å². The highest BCUT2D eigenvalue weighted by Crippen LogP contribution is 2.33. The second-order valence-corrected chi connectivity index (χ2v) is 7.96. The highest BCUT2D eigenvalue weighted by Gasteiger charge is 2.21. The van der Waals surface area contributed by atoms with Gasteiger partial charge in [-0.25, -0.2) is 4.98 Å². The number of carbonyl (C=O) groups excluding carboxylic acids is 1. The average Bonchev–Trinajstić information content (AvgIpc) is 2.91. The number of hydrogen-bond donors (Lipinski definition) is 1. The van der Waals surface area contributed by atoms with Crippen molar-refractivity contribution >= 4 is 40.0 Å². The largest absolute Gasteiger partial charge is 0.497 e. The first-order valence-electron chi connectivity index (χ1n) is 8.86. The van der Waals surface area contributed by atoms with E-state index in [-0.39, 0.29) is 5.91 Å². The van der Waals surface area contributed by atoms with Crippen molar-refractivity contribution in [3.8, 4) is 5.75 Å². The molecule has 0 unspecified atom stereocenters. The van der Waals surface area contributed by atoms with Crippen molar-refractivity contribution < 1.29 is 9.53 Å². The van der Waals surface area contributed by atoms with Gasteiger partial charge in [-0.3, -0.25) is 9.52 Å². The van der Waals surface area contributed by atoms with Crippen molar-refractivity contribution in [2.24, 2.45) is 0 Å². The lowest BCUT2D eigenvalue weighted by atomic mass is 10.1. The van der Waals surface area contributed by atoms with Crippen molar-refractivity contribution in [3.63, 3.8) is 0 Å². The Balaban J connectivity index is 1.96. The quantitative estimate of drug-likeness (QED) is 0.644. The molecule has 0 bridgehead atoms. The number of rotatable bonds is 7. The van der Waals surface area contributed by atoms with Crippen LogP contribution in [0, 0.1) is 6.92 Å². The van der Waals surface area contributed by atoms with E-state index in [0.29, 0.717) is 12.2 Å². The van der Waals surface area contributed by atoms with Gasteiger partial charge in [0.2, 0.25) is 0 Å². The molecule has 146 valence electrons. The van der Waals surface area contributed by atoms with Gasteiger partial charge in [0.1, 0.15) is 11.4 Å². The molecule has 1 aliphatic carbocycles. The van der Waals surface area contributed by atoms with Crippen LogP contribution in [0.15, 0.2) is 60.2 Å². The summed E-state index contributed by atoms with van der Waals surface area (Å²) < 4.78 is 8.04. The summed E-state index contributed by atoms with van der Waals surface area (Å²) in [4.78, 5) is 20.0. The van der Waals surface area contributed by atoms with E-state index in [1.807, 2.05) is 43.5 Å². The molecule has 7 heteroatoms. The maximum atomic E-state index is 12.3. The maximum absolute atomic E-state index is 12.3. The summed E-state index contributed by atoms with van der Waals surface area (Å²) in [5.41, 5.74) is 2.75. The fraction of sp³-hybridized carbons (Fsp3) is 0.238. The Labute approximate surface area is 173 Å². The normalized spacial score (nSPS) is 13.0. The van der Waals surface area contributed by atoms with Gasteiger partial charge in [-0.15, -0.1) is 11.3 Å². The monoisotopic (exact) mass is 413 g/mol. The molecule has 28 heavy (non-hydrogen) atoms. The first-order valence-corrected chi connectivity index (χ1v) is 10.9. The molecule has 1 aromatic heterocycles. The molecule has 0 aliphatic heterocycles. The molecule has 1 aromatic carbocycles. The molecule has 1 amide bonds. The molecule has 0 spiro atoms. The topological polar surface area (TPSA) is 54.5 Å². The predicted octanol–water partition coefficient (Wildman–Crippen LogP) is 5.05. The van der Waals surface area contributed by atoms with E-state index in [2.05, 4.69) is 38.9 Å². The van der Waals surface area contributed by atoms with E-state index < -0.39 is 0 Å². The van der Waals surface area contributed by atoms with Gasteiger partial charge < -0.3 is 9.64 Å². The van der Waals surface area contributed by atoms with E-state index in [1.165, 1.54) is 28.9 Å².